The SMILES string of the molecule is CS(=O)(=O)O.CS(=O)(=O)O.CS(=O)(=O)O.CS(=O)(=O)O.O=P(O)(O)F.O=P(O)(O)F.[LiH]. The summed E-state index contributed by atoms with van der Waals surface area (Å²) in [6, 6.07) is 0. The summed E-state index contributed by atoms with van der Waals surface area (Å²) in [5.74, 6) is 0. The van der Waals surface area contributed by atoms with Gasteiger partial charge in [0.25, 0.3) is 40.5 Å². The topological polar surface area (TPSA) is 333 Å². The fraction of sp³-hybridized carbons (Fsp3) is 1.00. The first-order valence-corrected chi connectivity index (χ1v) is 15.6. The predicted molar refractivity (Wildman–Crippen MR) is 103 cm³/mol. The molecule has 27 heteroatoms. The second-order valence-electron chi connectivity index (χ2n) is 3.88. The van der Waals surface area contributed by atoms with Crippen molar-refractivity contribution in [2.45, 2.75) is 0 Å². The van der Waals surface area contributed by atoms with Crippen molar-refractivity contribution in [3.8, 4) is 0 Å². The van der Waals surface area contributed by atoms with Crippen LogP contribution in [0.25, 0.3) is 0 Å². The van der Waals surface area contributed by atoms with Crippen LogP contribution in [-0.4, -0.2) is 115 Å². The number of hydrogen-bond acceptors (Lipinski definition) is 10. The van der Waals surface area contributed by atoms with E-state index in [2.05, 4.69) is 0 Å². The standard InChI is InChI=1S/4CH4O3S.2FH2O3P.Li.H/c6*1-5(2,3)4;;/h4*1H3,(H,2,3,4);2*(H2,2,3,4);;. The molecule has 0 aromatic heterocycles. The average Bonchev–Trinajstić information content (AvgIpc) is 1.94. The summed E-state index contributed by atoms with van der Waals surface area (Å²) >= 11 is 0. The Morgan fingerprint density at radius 2 is 0.484 bits per heavy atom. The van der Waals surface area contributed by atoms with E-state index in [-0.39, 0.29) is 18.9 Å². The molecule has 8 N–H and O–H groups in total. The van der Waals surface area contributed by atoms with Crippen molar-refractivity contribution in [1.29, 1.82) is 0 Å². The fourth-order valence-corrected chi connectivity index (χ4v) is 0. The molecule has 0 bridgehead atoms. The predicted octanol–water partition coefficient (Wildman–Crippen LogP) is -2.54. The van der Waals surface area contributed by atoms with E-state index in [1.807, 2.05) is 0 Å². The molecule has 0 aliphatic heterocycles. The zero-order valence-corrected chi connectivity index (χ0v) is 20.0. The van der Waals surface area contributed by atoms with Crippen LogP contribution in [0.5, 0.6) is 0 Å². The molecule has 0 fully saturated rings. The molecule has 0 saturated heterocycles. The average molecular weight is 592 g/mol. The van der Waals surface area contributed by atoms with Crippen LogP contribution in [-0.2, 0) is 49.6 Å². The van der Waals surface area contributed by atoms with Crippen molar-refractivity contribution in [1.82, 2.24) is 0 Å². The molecular formula is C4H21F2LiO18P2S4. The molecule has 0 heterocycles. The summed E-state index contributed by atoms with van der Waals surface area (Å²) in [5.41, 5.74) is 0. The molecule has 0 saturated carbocycles. The molecular weight excluding hydrogens is 571 g/mol. The van der Waals surface area contributed by atoms with Crippen LogP contribution in [0.3, 0.4) is 0 Å². The third-order valence-corrected chi connectivity index (χ3v) is 0. The first kappa shape index (κ1) is 48.7. The Morgan fingerprint density at radius 1 is 0.484 bits per heavy atom. The van der Waals surface area contributed by atoms with Gasteiger partial charge in [0.15, 0.2) is 0 Å². The number of rotatable bonds is 0. The quantitative estimate of drug-likeness (QED) is 0.0815. The van der Waals surface area contributed by atoms with Gasteiger partial charge in [-0.05, 0) is 0 Å². The number of halogens is 2. The van der Waals surface area contributed by atoms with Gasteiger partial charge in [-0.2, -0.15) is 33.7 Å². The van der Waals surface area contributed by atoms with Gasteiger partial charge in [-0.1, -0.05) is 0 Å². The Hall–Kier alpha value is 0.397. The monoisotopic (exact) mass is 592 g/mol. The second-order valence-corrected chi connectivity index (χ2v) is 11.6. The first-order valence-electron chi connectivity index (χ1n) is 5.20. The Labute approximate surface area is 188 Å². The van der Waals surface area contributed by atoms with E-state index in [0.29, 0.717) is 25.0 Å². The molecule has 0 rings (SSSR count). The van der Waals surface area contributed by atoms with Gasteiger partial charge in [0.2, 0.25) is 0 Å². The van der Waals surface area contributed by atoms with E-state index in [1.165, 1.54) is 0 Å². The normalized spacial score (nSPS) is 11.3. The van der Waals surface area contributed by atoms with E-state index >= 15 is 0 Å². The van der Waals surface area contributed by atoms with Crippen molar-refractivity contribution in [2.24, 2.45) is 0 Å². The maximum absolute atomic E-state index is 10.4. The molecule has 31 heavy (non-hydrogen) atoms. The first-order chi connectivity index (χ1) is 12.0. The van der Waals surface area contributed by atoms with Crippen LogP contribution in [0, 0.1) is 0 Å². The Kier molecular flexibility index (Phi) is 31.2. The molecule has 194 valence electrons. The zero-order valence-electron chi connectivity index (χ0n) is 14.9. The van der Waals surface area contributed by atoms with Gasteiger partial charge in [-0.15, -0.1) is 8.39 Å². The zero-order chi connectivity index (χ0) is 27.0. The minimum absolute atomic E-state index is 0. The van der Waals surface area contributed by atoms with Gasteiger partial charge < -0.3 is 0 Å². The van der Waals surface area contributed by atoms with Crippen molar-refractivity contribution in [3.63, 3.8) is 0 Å². The Balaban J connectivity index is -0.0000000443. The molecule has 0 spiro atoms. The van der Waals surface area contributed by atoms with E-state index in [0.717, 1.165) is 0 Å². The molecule has 0 radical (unpaired) electrons. The van der Waals surface area contributed by atoms with Gasteiger partial charge in [0.05, 0.1) is 25.0 Å². The summed E-state index contributed by atoms with van der Waals surface area (Å²) in [7, 11) is -24.9. The molecule has 0 atom stereocenters. The molecule has 18 nitrogen and oxygen atoms in total. The van der Waals surface area contributed by atoms with Crippen molar-refractivity contribution < 1.29 is 89.0 Å². The summed E-state index contributed by atoms with van der Waals surface area (Å²) in [6.07, 6.45) is 2.86. The third-order valence-electron chi connectivity index (χ3n) is 0. The fourth-order valence-electron chi connectivity index (χ4n) is 0. The van der Waals surface area contributed by atoms with Crippen molar-refractivity contribution in [3.05, 3.63) is 0 Å². The second kappa shape index (κ2) is 19.8. The maximum atomic E-state index is 10.4. The van der Waals surface area contributed by atoms with E-state index in [1.54, 1.807) is 0 Å². The van der Waals surface area contributed by atoms with Crippen LogP contribution in [0.4, 0.5) is 8.39 Å². The van der Waals surface area contributed by atoms with Crippen LogP contribution >= 0.6 is 15.8 Å². The van der Waals surface area contributed by atoms with Crippen LogP contribution in [0.15, 0.2) is 0 Å². The Bertz CT molecular complexity index is 754. The van der Waals surface area contributed by atoms with Gasteiger partial charge in [-0.3, -0.25) is 37.8 Å². The summed E-state index contributed by atoms with van der Waals surface area (Å²) in [6.45, 7) is 0. The van der Waals surface area contributed by atoms with Gasteiger partial charge in [-0.25, -0.2) is 9.13 Å². The third kappa shape index (κ3) is 155000. The van der Waals surface area contributed by atoms with Crippen LogP contribution < -0.4 is 0 Å². The molecule has 0 aliphatic rings. The van der Waals surface area contributed by atoms with E-state index < -0.39 is 56.3 Å². The summed E-state index contributed by atoms with van der Waals surface area (Å²) in [4.78, 5) is 27.9. The van der Waals surface area contributed by atoms with Gasteiger partial charge in [0, 0.05) is 0 Å². The van der Waals surface area contributed by atoms with E-state index in [4.69, 9.17) is 46.9 Å². The molecule has 0 aromatic carbocycles. The van der Waals surface area contributed by atoms with Crippen LogP contribution in [0.1, 0.15) is 0 Å². The van der Waals surface area contributed by atoms with E-state index in [9.17, 15) is 42.1 Å². The van der Waals surface area contributed by atoms with Gasteiger partial charge in [0.1, 0.15) is 0 Å². The molecule has 0 aliphatic carbocycles. The summed E-state index contributed by atoms with van der Waals surface area (Å²) < 4.78 is 142. The van der Waals surface area contributed by atoms with Crippen molar-refractivity contribution >= 4 is 75.1 Å². The molecule has 0 aromatic rings. The minimum atomic E-state index is -5.14. The summed E-state index contributed by atoms with van der Waals surface area (Å²) in [5, 5.41) is 0. The van der Waals surface area contributed by atoms with Crippen LogP contribution in [0.2, 0.25) is 0 Å². The molecule has 0 amide bonds. The van der Waals surface area contributed by atoms with Crippen molar-refractivity contribution in [2.75, 3.05) is 25.0 Å². The molecule has 0 unspecified atom stereocenters. The van der Waals surface area contributed by atoms with Gasteiger partial charge >= 0.3 is 34.7 Å². The number of hydrogen-bond donors (Lipinski definition) is 8. The Morgan fingerprint density at radius 3 is 0.484 bits per heavy atom.